The second-order valence-corrected chi connectivity index (χ2v) is 1.79. The van der Waals surface area contributed by atoms with Gasteiger partial charge in [0.2, 0.25) is 0 Å². The average Bonchev–Trinajstić information content (AvgIpc) is 1.88. The maximum absolute atomic E-state index is 8.22. The van der Waals surface area contributed by atoms with Gasteiger partial charge in [0.25, 0.3) is 0 Å². The predicted molar refractivity (Wildman–Crippen MR) is 33.7 cm³/mol. The lowest BCUT2D eigenvalue weighted by molar-refractivity contribution is 1.28. The summed E-state index contributed by atoms with van der Waals surface area (Å²) < 4.78 is 0. The van der Waals surface area contributed by atoms with Crippen LogP contribution in [0, 0.1) is 12.3 Å². The molecule has 0 unspecified atom stereocenters. The topological polar surface area (TPSA) is 41.0 Å². The number of aromatic nitrogens is 1. The maximum atomic E-state index is 8.22. The minimum Gasteiger partial charge on any atom is -0.0393 e. The van der Waals surface area contributed by atoms with E-state index in [0.717, 1.165) is 5.56 Å². The Morgan fingerprint density at radius 1 is 1.67 bits per heavy atom. The van der Waals surface area contributed by atoms with Gasteiger partial charge in [0.05, 0.1) is 11.5 Å². The van der Waals surface area contributed by atoms with Crippen LogP contribution in [0.3, 0.4) is 0 Å². The minimum atomic E-state index is 0.356. The number of nitrogens with zero attached hydrogens (tertiary/aromatic N) is 3. The fourth-order valence-corrected chi connectivity index (χ4v) is 0.575. The molecule has 0 aliphatic carbocycles. The van der Waals surface area contributed by atoms with Crippen molar-refractivity contribution in [2.24, 2.45) is 0 Å². The van der Waals surface area contributed by atoms with Crippen molar-refractivity contribution in [3.05, 3.63) is 28.9 Å². The summed E-state index contributed by atoms with van der Waals surface area (Å²) in [5.74, 6) is 0.356. The molecule has 3 nitrogen and oxygen atoms in total. The Balaban J connectivity index is 3.12. The fraction of sp³-hybridized carbons (Fsp3) is 0.167. The Hall–Kier alpha value is -1.43. The molecule has 0 aliphatic heterocycles. The summed E-state index contributed by atoms with van der Waals surface area (Å²) in [4.78, 5) is 6.66. The maximum Gasteiger partial charge on any atom is 0.464 e. The molecule has 1 aromatic rings. The van der Waals surface area contributed by atoms with Crippen LogP contribution in [-0.2, 0) is 0 Å². The number of pyridine rings is 1. The van der Waals surface area contributed by atoms with E-state index in [1.807, 2.05) is 13.0 Å². The number of hydrogen-bond donors (Lipinski definition) is 0. The second-order valence-electron chi connectivity index (χ2n) is 1.79. The SMILES string of the molecule is Cc1ccnc([N+]#N)c1. The molecular formula is C6H6N3+. The van der Waals surface area contributed by atoms with Crippen molar-refractivity contribution in [2.45, 2.75) is 6.92 Å². The first-order chi connectivity index (χ1) is 4.33. The van der Waals surface area contributed by atoms with Gasteiger partial charge in [-0.1, -0.05) is 0 Å². The fourth-order valence-electron chi connectivity index (χ4n) is 0.575. The zero-order valence-corrected chi connectivity index (χ0v) is 5.07. The van der Waals surface area contributed by atoms with Gasteiger partial charge in [-0.05, 0) is 23.5 Å². The smallest absolute Gasteiger partial charge is 0.0393 e. The van der Waals surface area contributed by atoms with Crippen LogP contribution in [0.2, 0.25) is 0 Å². The molecule has 0 bridgehead atoms. The third-order valence-electron chi connectivity index (χ3n) is 1.00. The Kier molecular flexibility index (Phi) is 1.41. The lowest BCUT2D eigenvalue weighted by Gasteiger charge is -1.78. The van der Waals surface area contributed by atoms with Crippen molar-refractivity contribution in [1.82, 2.24) is 4.98 Å². The van der Waals surface area contributed by atoms with Crippen LogP contribution in [0.1, 0.15) is 5.56 Å². The molecule has 1 rings (SSSR count). The lowest BCUT2D eigenvalue weighted by atomic mass is 10.3. The Morgan fingerprint density at radius 2 is 2.44 bits per heavy atom. The zero-order valence-electron chi connectivity index (χ0n) is 5.07. The first-order valence-corrected chi connectivity index (χ1v) is 2.60. The first kappa shape index (κ1) is 5.70. The molecule has 44 valence electrons. The van der Waals surface area contributed by atoms with Crippen LogP contribution >= 0.6 is 0 Å². The van der Waals surface area contributed by atoms with E-state index >= 15 is 0 Å². The minimum absolute atomic E-state index is 0.356. The van der Waals surface area contributed by atoms with Gasteiger partial charge in [-0.15, -0.1) is 0 Å². The Bertz CT molecular complexity index is 249. The highest BCUT2D eigenvalue weighted by Crippen LogP contribution is 2.07. The van der Waals surface area contributed by atoms with Gasteiger partial charge in [0.1, 0.15) is 6.20 Å². The Labute approximate surface area is 53.0 Å². The monoisotopic (exact) mass is 120 g/mol. The van der Waals surface area contributed by atoms with Crippen LogP contribution in [0.4, 0.5) is 5.82 Å². The van der Waals surface area contributed by atoms with E-state index in [4.69, 9.17) is 5.39 Å². The molecule has 9 heavy (non-hydrogen) atoms. The van der Waals surface area contributed by atoms with Gasteiger partial charge in [-0.3, -0.25) is 0 Å². The molecule has 1 aromatic heterocycles. The van der Waals surface area contributed by atoms with E-state index in [2.05, 4.69) is 9.96 Å². The molecule has 0 amide bonds. The van der Waals surface area contributed by atoms with Crippen LogP contribution in [0.5, 0.6) is 0 Å². The molecule has 0 aliphatic rings. The van der Waals surface area contributed by atoms with Gasteiger partial charge >= 0.3 is 5.82 Å². The molecule has 3 heteroatoms. The number of hydrogen-bond acceptors (Lipinski definition) is 2. The van der Waals surface area contributed by atoms with Gasteiger partial charge in [-0.25, -0.2) is 0 Å². The number of diazo groups is 1. The van der Waals surface area contributed by atoms with Crippen LogP contribution < -0.4 is 0 Å². The van der Waals surface area contributed by atoms with E-state index in [-0.39, 0.29) is 0 Å². The third kappa shape index (κ3) is 1.23. The van der Waals surface area contributed by atoms with Gasteiger partial charge in [-0.2, -0.15) is 0 Å². The highest BCUT2D eigenvalue weighted by atomic mass is 15.0. The van der Waals surface area contributed by atoms with Crippen LogP contribution in [-0.4, -0.2) is 4.98 Å². The molecule has 0 aromatic carbocycles. The summed E-state index contributed by atoms with van der Waals surface area (Å²) in [5, 5.41) is 8.22. The van der Waals surface area contributed by atoms with Gasteiger partial charge in [0.15, 0.2) is 0 Å². The van der Waals surface area contributed by atoms with Crippen molar-refractivity contribution in [3.8, 4) is 0 Å². The van der Waals surface area contributed by atoms with E-state index in [9.17, 15) is 0 Å². The van der Waals surface area contributed by atoms with Crippen LogP contribution in [0.25, 0.3) is 4.98 Å². The summed E-state index contributed by atoms with van der Waals surface area (Å²) in [6.07, 6.45) is 1.60. The van der Waals surface area contributed by atoms with E-state index in [0.29, 0.717) is 5.82 Å². The number of rotatable bonds is 0. The van der Waals surface area contributed by atoms with Crippen molar-refractivity contribution < 1.29 is 0 Å². The summed E-state index contributed by atoms with van der Waals surface area (Å²) in [6.45, 7) is 1.91. The van der Waals surface area contributed by atoms with Crippen molar-refractivity contribution >= 4 is 5.82 Å². The van der Waals surface area contributed by atoms with E-state index < -0.39 is 0 Å². The Morgan fingerprint density at radius 3 is 2.89 bits per heavy atom. The molecular weight excluding hydrogens is 114 g/mol. The average molecular weight is 120 g/mol. The largest absolute Gasteiger partial charge is 0.464 e. The highest BCUT2D eigenvalue weighted by molar-refractivity contribution is 5.36. The molecule has 0 atom stereocenters. The number of aryl methyl sites for hydroxylation is 1. The van der Waals surface area contributed by atoms with E-state index in [1.54, 1.807) is 12.3 Å². The summed E-state index contributed by atoms with van der Waals surface area (Å²) in [6, 6.07) is 3.54. The second kappa shape index (κ2) is 2.23. The molecule has 1 heterocycles. The standard InChI is InChI=1S/C6H6N3/c1-5-2-3-8-6(4-5)9-7/h2-4H,1H3/q+1. The third-order valence-corrected chi connectivity index (χ3v) is 1.00. The van der Waals surface area contributed by atoms with Gasteiger partial charge in [0, 0.05) is 4.98 Å². The van der Waals surface area contributed by atoms with Crippen molar-refractivity contribution in [3.63, 3.8) is 0 Å². The lowest BCUT2D eigenvalue weighted by Crippen LogP contribution is -1.72. The van der Waals surface area contributed by atoms with E-state index in [1.165, 1.54) is 0 Å². The van der Waals surface area contributed by atoms with Crippen molar-refractivity contribution in [2.75, 3.05) is 0 Å². The quantitative estimate of drug-likeness (QED) is 0.490. The summed E-state index contributed by atoms with van der Waals surface area (Å²) in [7, 11) is 0. The first-order valence-electron chi connectivity index (χ1n) is 2.60. The normalized spacial score (nSPS) is 8.44. The molecule has 0 fully saturated rings. The molecule has 0 saturated heterocycles. The van der Waals surface area contributed by atoms with Gasteiger partial charge < -0.3 is 0 Å². The molecule has 0 spiro atoms. The zero-order chi connectivity index (χ0) is 6.69. The molecule has 0 radical (unpaired) electrons. The van der Waals surface area contributed by atoms with Crippen molar-refractivity contribution in [1.29, 1.82) is 5.39 Å². The predicted octanol–water partition coefficient (Wildman–Crippen LogP) is 1.87. The summed E-state index contributed by atoms with van der Waals surface area (Å²) >= 11 is 0. The molecule has 0 saturated carbocycles. The molecule has 0 N–H and O–H groups in total. The van der Waals surface area contributed by atoms with Crippen LogP contribution in [0.15, 0.2) is 18.3 Å². The summed E-state index contributed by atoms with van der Waals surface area (Å²) in [5.41, 5.74) is 1.04. The highest BCUT2D eigenvalue weighted by Gasteiger charge is 2.01.